The number of hydrogen-bond acceptors (Lipinski definition) is 13. The van der Waals surface area contributed by atoms with E-state index in [0.29, 0.717) is 24.7 Å². The van der Waals surface area contributed by atoms with Crippen molar-refractivity contribution >= 4 is 47.1 Å². The van der Waals surface area contributed by atoms with Gasteiger partial charge in [0, 0.05) is 29.6 Å². The summed E-state index contributed by atoms with van der Waals surface area (Å²) in [5.74, 6) is 0.122. The Morgan fingerprint density at radius 3 is 1.73 bits per heavy atom. The molecular weight excluding hydrogens is 813 g/mol. The smallest absolute Gasteiger partial charge is 0.373 e. The lowest BCUT2D eigenvalue weighted by atomic mass is 9.44. The fourth-order valence-corrected chi connectivity index (χ4v) is 12.6. The zero-order valence-corrected chi connectivity index (χ0v) is 35.6. The first-order valence-corrected chi connectivity index (χ1v) is 21.2. The third kappa shape index (κ3) is 8.40. The van der Waals surface area contributed by atoms with E-state index in [2.05, 4.69) is 36.3 Å². The van der Waals surface area contributed by atoms with Crippen LogP contribution in [-0.4, -0.2) is 67.8 Å². The number of nitrogens with one attached hydrogen (secondary N) is 2. The molecule has 334 valence electrons. The topological polar surface area (TPSA) is 251 Å². The van der Waals surface area contributed by atoms with Gasteiger partial charge in [0.25, 0.3) is 0 Å². The number of fused-ring (bicyclic) bond motifs is 2. The maximum Gasteiger partial charge on any atom is 0.373 e. The van der Waals surface area contributed by atoms with Crippen molar-refractivity contribution in [3.05, 3.63) is 72.9 Å². The Hall–Kier alpha value is -6.14. The van der Waals surface area contributed by atoms with E-state index in [1.807, 2.05) is 13.8 Å². The van der Waals surface area contributed by atoms with E-state index >= 15 is 0 Å². The number of aromatic hydroxyl groups is 4. The van der Waals surface area contributed by atoms with Gasteiger partial charge in [0.1, 0.15) is 34.4 Å². The predicted molar refractivity (Wildman–Crippen MR) is 223 cm³/mol. The predicted octanol–water partition coefficient (Wildman–Crippen LogP) is 6.69. The maximum absolute atomic E-state index is 13.0. The molecule has 2 saturated heterocycles. The van der Waals surface area contributed by atoms with E-state index in [1.165, 1.54) is 42.0 Å². The molecule has 6 bridgehead atoms. The largest absolute Gasteiger partial charge is 0.506 e. The zero-order valence-electron chi connectivity index (χ0n) is 35.6. The SMILES string of the molecule is C=C1C[C@@]23C=CC(=O)[C@@](C)(CCC(=O)Nc4c(O)cccc4O)C2CC1CC3.C[C@]12C[C@@]34C=CC(=O)[C@@](C)(CCC(=O)Nc5c(O)cccc5O)C3[C@H](CC1C4)O2.O=C=O.O=C=O. The first-order chi connectivity index (χ1) is 29.7. The standard InChI is InChI=1S/C23H27NO5.C23H27NO4.2CO2/c1-21(8-7-18(28)24-19-14(25)4-3-5-15(19)26)17(27)6-9-23-11-13-10-16(20(21)23)29-22(13,2)12-23;1-14-13-23-10-6-15(14)12-18(23)22(2,19(27)7-11-23)9-8-20(28)24-21-16(25)4-3-5-17(21)26;2*2-1-3/h3-6,9,13,16,20,25-26H,7-8,10-12H2,1-2H3,(H,24,28);3-5,7,11,15,18,25-26H,1,6,8-10,12-13H2,2H3,(H,24,28);;/t13?,16-,20?,21+,22-,23-;15?,18?,22-,23+;;/m00../s1. The fraction of sp³-hybridized carbons (Fsp3) is 0.500. The highest BCUT2D eigenvalue weighted by Crippen LogP contribution is 2.71. The van der Waals surface area contributed by atoms with Crippen LogP contribution in [0, 0.1) is 45.3 Å². The van der Waals surface area contributed by atoms with Crippen molar-refractivity contribution in [2.45, 2.75) is 103 Å². The second kappa shape index (κ2) is 17.6. The lowest BCUT2D eigenvalue weighted by Crippen LogP contribution is -2.56. The third-order valence-electron chi connectivity index (χ3n) is 15.4. The Labute approximate surface area is 364 Å². The number of phenols is 4. The maximum atomic E-state index is 13.0. The van der Waals surface area contributed by atoms with Crippen LogP contribution in [0.25, 0.3) is 0 Å². The highest BCUT2D eigenvalue weighted by molar-refractivity contribution is 5.99. The van der Waals surface area contributed by atoms with Crippen molar-refractivity contribution in [2.24, 2.45) is 45.3 Å². The van der Waals surface area contributed by atoms with E-state index in [-0.39, 0.29) is 117 Å². The number of hydrogen-bond donors (Lipinski definition) is 6. The Kier molecular flexibility index (Phi) is 12.9. The third-order valence-corrected chi connectivity index (χ3v) is 15.4. The van der Waals surface area contributed by atoms with Gasteiger partial charge < -0.3 is 35.8 Å². The van der Waals surface area contributed by atoms with E-state index in [9.17, 15) is 39.6 Å². The molecule has 2 spiro atoms. The Morgan fingerprint density at radius 2 is 1.24 bits per heavy atom. The molecular formula is C48H54N2O13. The van der Waals surface area contributed by atoms with E-state index in [1.54, 1.807) is 12.2 Å². The number of carbonyl (C=O) groups excluding carboxylic acids is 8. The first-order valence-electron chi connectivity index (χ1n) is 21.2. The number of ether oxygens (including phenoxy) is 1. The van der Waals surface area contributed by atoms with Gasteiger partial charge in [-0.05, 0) is 130 Å². The summed E-state index contributed by atoms with van der Waals surface area (Å²) >= 11 is 0. The lowest BCUT2D eigenvalue weighted by Gasteiger charge is -2.59. The number of allylic oxidation sites excluding steroid dienone is 5. The molecule has 15 nitrogen and oxygen atoms in total. The summed E-state index contributed by atoms with van der Waals surface area (Å²) in [4.78, 5) is 83.5. The molecule has 6 N–H and O–H groups in total. The zero-order chi connectivity index (χ0) is 46.1. The number of rotatable bonds is 8. The van der Waals surface area contributed by atoms with E-state index in [0.717, 1.165) is 44.9 Å². The molecule has 2 aliphatic heterocycles. The van der Waals surface area contributed by atoms with Crippen molar-refractivity contribution in [3.63, 3.8) is 0 Å². The summed E-state index contributed by atoms with van der Waals surface area (Å²) in [5.41, 5.74) is 0.000784. The molecule has 11 rings (SSSR count). The number of amides is 2. The van der Waals surface area contributed by atoms with Crippen molar-refractivity contribution in [2.75, 3.05) is 10.6 Å². The highest BCUT2D eigenvalue weighted by atomic mass is 16.5. The molecule has 7 fully saturated rings. The summed E-state index contributed by atoms with van der Waals surface area (Å²) in [6, 6.07) is 8.61. The molecule has 7 aliphatic carbocycles. The molecule has 0 aromatic heterocycles. The number of phenolic OH excluding ortho intramolecular Hbond substituents is 4. The van der Waals surface area contributed by atoms with Crippen LogP contribution in [-0.2, 0) is 43.1 Å². The molecule has 2 heterocycles. The molecule has 10 atom stereocenters. The lowest BCUT2D eigenvalue weighted by molar-refractivity contribution is -0.193. The minimum absolute atomic E-state index is 0.000928. The average Bonchev–Trinajstić information content (AvgIpc) is 3.60. The van der Waals surface area contributed by atoms with Gasteiger partial charge in [0.15, 0.2) is 11.6 Å². The van der Waals surface area contributed by atoms with E-state index < -0.39 is 10.8 Å². The second-order valence-corrected chi connectivity index (χ2v) is 18.9. The molecule has 0 radical (unpaired) electrons. The summed E-state index contributed by atoms with van der Waals surface area (Å²) in [7, 11) is 0. The van der Waals surface area contributed by atoms with Crippen molar-refractivity contribution in [1.82, 2.24) is 0 Å². The molecule has 5 saturated carbocycles. The van der Waals surface area contributed by atoms with Crippen LogP contribution < -0.4 is 10.6 Å². The number of para-hydroxylation sites is 2. The van der Waals surface area contributed by atoms with Gasteiger partial charge in [-0.15, -0.1) is 0 Å². The molecule has 2 amide bonds. The Balaban J connectivity index is 0.000000187. The van der Waals surface area contributed by atoms with Crippen molar-refractivity contribution in [1.29, 1.82) is 0 Å². The van der Waals surface area contributed by atoms with Crippen LogP contribution in [0.5, 0.6) is 23.0 Å². The average molecular weight is 867 g/mol. The van der Waals surface area contributed by atoms with Crippen molar-refractivity contribution < 1.29 is 63.5 Å². The van der Waals surface area contributed by atoms with Gasteiger partial charge >= 0.3 is 12.3 Å². The van der Waals surface area contributed by atoms with Gasteiger partial charge in [-0.25, -0.2) is 0 Å². The van der Waals surface area contributed by atoms with Crippen LogP contribution >= 0.6 is 0 Å². The summed E-state index contributed by atoms with van der Waals surface area (Å²) in [6.07, 6.45) is 16.5. The number of carbonyl (C=O) groups is 4. The molecule has 15 heteroatoms. The highest BCUT2D eigenvalue weighted by Gasteiger charge is 2.71. The minimum atomic E-state index is -0.659. The molecule has 63 heavy (non-hydrogen) atoms. The van der Waals surface area contributed by atoms with Gasteiger partial charge in [0.05, 0.1) is 11.7 Å². The quantitative estimate of drug-likeness (QED) is 0.120. The summed E-state index contributed by atoms with van der Waals surface area (Å²) in [5, 5.41) is 44.6. The van der Waals surface area contributed by atoms with Crippen LogP contribution in [0.15, 0.2) is 72.9 Å². The van der Waals surface area contributed by atoms with Gasteiger partial charge in [-0.1, -0.05) is 50.3 Å². The molecule has 9 aliphatic rings. The molecule has 2 aromatic carbocycles. The number of anilines is 2. The van der Waals surface area contributed by atoms with Gasteiger partial charge in [0.2, 0.25) is 11.8 Å². The van der Waals surface area contributed by atoms with Gasteiger partial charge in [-0.3, -0.25) is 19.2 Å². The summed E-state index contributed by atoms with van der Waals surface area (Å²) < 4.78 is 6.43. The van der Waals surface area contributed by atoms with E-state index in [4.69, 9.17) is 23.9 Å². The minimum Gasteiger partial charge on any atom is -0.506 e. The first kappa shape index (κ1) is 46.4. The van der Waals surface area contributed by atoms with Crippen LogP contribution in [0.1, 0.15) is 91.4 Å². The summed E-state index contributed by atoms with van der Waals surface area (Å²) in [6.45, 7) is 10.4. The second-order valence-electron chi connectivity index (χ2n) is 18.9. The van der Waals surface area contributed by atoms with Gasteiger partial charge in [-0.2, -0.15) is 19.2 Å². The fourth-order valence-electron chi connectivity index (χ4n) is 12.6. The number of ketones is 2. The normalized spacial score (nSPS) is 34.3. The molecule has 2 aromatic rings. The number of benzene rings is 2. The monoisotopic (exact) mass is 866 g/mol. The van der Waals surface area contributed by atoms with Crippen LogP contribution in [0.3, 0.4) is 0 Å². The Bertz CT molecular complexity index is 2270. The Morgan fingerprint density at radius 1 is 0.762 bits per heavy atom. The van der Waals surface area contributed by atoms with Crippen molar-refractivity contribution in [3.8, 4) is 23.0 Å². The van der Waals surface area contributed by atoms with Crippen LogP contribution in [0.4, 0.5) is 11.4 Å². The van der Waals surface area contributed by atoms with Crippen LogP contribution in [0.2, 0.25) is 0 Å². The molecule has 4 unspecified atom stereocenters.